The Hall–Kier alpha value is 0.0500. The van der Waals surface area contributed by atoms with Gasteiger partial charge in [0, 0.05) is 0 Å². The summed E-state index contributed by atoms with van der Waals surface area (Å²) in [5.74, 6) is 1.05. The molecule has 0 heterocycles. The largest absolute Gasteiger partial charge is 0.330 e. The van der Waals surface area contributed by atoms with Crippen LogP contribution >= 0.6 is 12.6 Å². The molecule has 0 aliphatic carbocycles. The second kappa shape index (κ2) is 19.1. The summed E-state index contributed by atoms with van der Waals surface area (Å²) in [6, 6.07) is 0. The first-order valence-corrected chi connectivity index (χ1v) is 9.51. The highest BCUT2D eigenvalue weighted by atomic mass is 32.1. The fourth-order valence-electron chi connectivity index (χ4n) is 2.43. The van der Waals surface area contributed by atoms with Crippen molar-refractivity contribution in [2.24, 2.45) is 5.73 Å². The molecule has 0 saturated heterocycles. The van der Waals surface area contributed by atoms with Crippen LogP contribution in [0.4, 0.5) is 0 Å². The van der Waals surface area contributed by atoms with E-state index in [1.807, 2.05) is 0 Å². The average Bonchev–Trinajstić information content (AvgIpc) is 2.47. The van der Waals surface area contributed by atoms with Gasteiger partial charge in [-0.25, -0.2) is 0 Å². The van der Waals surface area contributed by atoms with Crippen LogP contribution in [0.2, 0.25) is 0 Å². The molecule has 0 spiro atoms. The molecule has 0 aliphatic rings. The lowest BCUT2D eigenvalue weighted by atomic mass is 10.1. The van der Waals surface area contributed by atoms with Crippen LogP contribution in [0.1, 0.15) is 89.9 Å². The van der Waals surface area contributed by atoms with Crippen molar-refractivity contribution in [1.29, 1.82) is 0 Å². The van der Waals surface area contributed by atoms with E-state index in [9.17, 15) is 0 Å². The second-order valence-corrected chi connectivity index (χ2v) is 6.25. The Balaban J connectivity index is 3.01. The lowest BCUT2D eigenvalue weighted by Gasteiger charge is -1.99. The zero-order valence-electron chi connectivity index (χ0n) is 13.5. The molecular formula is C18H37NS. The highest BCUT2D eigenvalue weighted by molar-refractivity contribution is 7.80. The number of thiol groups is 1. The van der Waals surface area contributed by atoms with Gasteiger partial charge in [-0.2, -0.15) is 12.6 Å². The lowest BCUT2D eigenvalue weighted by molar-refractivity contribution is 0.599. The van der Waals surface area contributed by atoms with Gasteiger partial charge in [-0.3, -0.25) is 0 Å². The number of rotatable bonds is 16. The van der Waals surface area contributed by atoms with Gasteiger partial charge in [0.1, 0.15) is 0 Å². The molecule has 0 aromatic rings. The molecule has 0 atom stereocenters. The van der Waals surface area contributed by atoms with E-state index >= 15 is 0 Å². The molecule has 0 radical (unpaired) electrons. The van der Waals surface area contributed by atoms with Gasteiger partial charge in [0.25, 0.3) is 0 Å². The van der Waals surface area contributed by atoms with Gasteiger partial charge in [-0.05, 0) is 50.8 Å². The molecule has 0 saturated carbocycles. The van der Waals surface area contributed by atoms with Crippen LogP contribution in [0.5, 0.6) is 0 Å². The minimum atomic E-state index is 0.859. The van der Waals surface area contributed by atoms with Crippen LogP contribution < -0.4 is 5.73 Å². The Kier molecular flexibility index (Phi) is 19.1. The lowest BCUT2D eigenvalue weighted by Crippen LogP contribution is -1.97. The maximum atomic E-state index is 5.48. The topological polar surface area (TPSA) is 26.0 Å². The van der Waals surface area contributed by atoms with E-state index in [0.717, 1.165) is 12.3 Å². The Morgan fingerprint density at radius 2 is 0.950 bits per heavy atom. The van der Waals surface area contributed by atoms with E-state index in [0.29, 0.717) is 0 Å². The molecule has 120 valence electrons. The third kappa shape index (κ3) is 18.0. The third-order valence-corrected chi connectivity index (χ3v) is 4.09. The van der Waals surface area contributed by atoms with Gasteiger partial charge in [0.2, 0.25) is 0 Å². The average molecular weight is 300 g/mol. The van der Waals surface area contributed by atoms with E-state index < -0.39 is 0 Å². The van der Waals surface area contributed by atoms with Crippen molar-refractivity contribution < 1.29 is 0 Å². The minimum Gasteiger partial charge on any atom is -0.330 e. The van der Waals surface area contributed by atoms with Gasteiger partial charge in [0.15, 0.2) is 0 Å². The smallest absolute Gasteiger partial charge is 0.00773 e. The zero-order valence-corrected chi connectivity index (χ0v) is 14.4. The molecule has 2 N–H and O–H groups in total. The van der Waals surface area contributed by atoms with Crippen molar-refractivity contribution in [2.75, 3.05) is 12.3 Å². The molecule has 0 aromatic carbocycles. The summed E-state index contributed by atoms with van der Waals surface area (Å²) in [4.78, 5) is 0. The van der Waals surface area contributed by atoms with E-state index in [-0.39, 0.29) is 0 Å². The summed E-state index contributed by atoms with van der Waals surface area (Å²) in [6.45, 7) is 0.859. The first kappa shape index (κ1) is 20.1. The normalized spacial score (nSPS) is 11.5. The first-order chi connectivity index (χ1) is 9.91. The molecular weight excluding hydrogens is 262 g/mol. The van der Waals surface area contributed by atoms with Crippen LogP contribution in [0.3, 0.4) is 0 Å². The van der Waals surface area contributed by atoms with Crippen molar-refractivity contribution >= 4 is 12.6 Å². The molecule has 0 bridgehead atoms. The van der Waals surface area contributed by atoms with Crippen LogP contribution in [0.25, 0.3) is 0 Å². The summed E-state index contributed by atoms with van der Waals surface area (Å²) >= 11 is 4.23. The van der Waals surface area contributed by atoms with Crippen molar-refractivity contribution in [2.45, 2.75) is 89.9 Å². The van der Waals surface area contributed by atoms with Crippen LogP contribution in [0, 0.1) is 0 Å². The summed E-state index contributed by atoms with van der Waals surface area (Å²) < 4.78 is 0. The molecule has 1 nitrogen and oxygen atoms in total. The van der Waals surface area contributed by atoms with E-state index in [1.165, 1.54) is 89.9 Å². The Morgan fingerprint density at radius 3 is 1.40 bits per heavy atom. The highest BCUT2D eigenvalue weighted by Gasteiger charge is 1.91. The first-order valence-electron chi connectivity index (χ1n) is 8.87. The number of hydrogen-bond acceptors (Lipinski definition) is 2. The van der Waals surface area contributed by atoms with E-state index in [1.54, 1.807) is 0 Å². The maximum absolute atomic E-state index is 5.48. The number of allylic oxidation sites excluding steroid dienone is 2. The highest BCUT2D eigenvalue weighted by Crippen LogP contribution is 2.09. The number of nitrogens with two attached hydrogens (primary N) is 1. The van der Waals surface area contributed by atoms with Crippen molar-refractivity contribution in [1.82, 2.24) is 0 Å². The van der Waals surface area contributed by atoms with Gasteiger partial charge < -0.3 is 5.73 Å². The molecule has 0 amide bonds. The molecule has 0 fully saturated rings. The van der Waals surface area contributed by atoms with Crippen LogP contribution in [-0.2, 0) is 0 Å². The summed E-state index contributed by atoms with van der Waals surface area (Å²) in [7, 11) is 0. The SMILES string of the molecule is NCCCCCCCCC=CCCCCCCCCS. The summed E-state index contributed by atoms with van der Waals surface area (Å²) in [5, 5.41) is 0. The van der Waals surface area contributed by atoms with E-state index in [4.69, 9.17) is 5.73 Å². The van der Waals surface area contributed by atoms with Gasteiger partial charge in [0.05, 0.1) is 0 Å². The zero-order chi connectivity index (χ0) is 14.7. The molecule has 0 aromatic heterocycles. The van der Waals surface area contributed by atoms with Gasteiger partial charge >= 0.3 is 0 Å². The number of unbranched alkanes of at least 4 members (excludes halogenated alkanes) is 12. The van der Waals surface area contributed by atoms with Crippen molar-refractivity contribution in [3.05, 3.63) is 12.2 Å². The van der Waals surface area contributed by atoms with Crippen molar-refractivity contribution in [3.8, 4) is 0 Å². The number of hydrogen-bond donors (Lipinski definition) is 2. The predicted octanol–water partition coefficient (Wildman–Crippen LogP) is 5.89. The molecule has 0 aliphatic heterocycles. The van der Waals surface area contributed by atoms with E-state index in [2.05, 4.69) is 24.8 Å². The summed E-state index contributed by atoms with van der Waals surface area (Å²) in [6.07, 6.45) is 23.6. The fourth-order valence-corrected chi connectivity index (χ4v) is 2.65. The van der Waals surface area contributed by atoms with Crippen LogP contribution in [-0.4, -0.2) is 12.3 Å². The summed E-state index contributed by atoms with van der Waals surface area (Å²) in [5.41, 5.74) is 5.48. The molecule has 0 unspecified atom stereocenters. The van der Waals surface area contributed by atoms with Gasteiger partial charge in [-0.15, -0.1) is 0 Å². The third-order valence-electron chi connectivity index (χ3n) is 3.77. The monoisotopic (exact) mass is 299 g/mol. The Labute approximate surface area is 133 Å². The molecule has 2 heteroatoms. The van der Waals surface area contributed by atoms with Crippen molar-refractivity contribution in [3.63, 3.8) is 0 Å². The quantitative estimate of drug-likeness (QED) is 0.207. The fraction of sp³-hybridized carbons (Fsp3) is 0.889. The molecule has 0 rings (SSSR count). The maximum Gasteiger partial charge on any atom is -0.00773 e. The Morgan fingerprint density at radius 1 is 0.550 bits per heavy atom. The predicted molar refractivity (Wildman–Crippen MR) is 96.7 cm³/mol. The standard InChI is InChI=1S/C18H37NS/c19-17-15-13-11-9-7-5-3-1-2-4-6-8-10-12-14-16-18-20/h1-2,20H,3-19H2. The Bertz CT molecular complexity index is 172. The molecule has 20 heavy (non-hydrogen) atoms. The van der Waals surface area contributed by atoms with Gasteiger partial charge in [-0.1, -0.05) is 63.5 Å². The minimum absolute atomic E-state index is 0.859. The second-order valence-electron chi connectivity index (χ2n) is 5.80. The van der Waals surface area contributed by atoms with Crippen LogP contribution in [0.15, 0.2) is 12.2 Å².